The number of hydrogen-bond donors (Lipinski definition) is 7. The van der Waals surface area contributed by atoms with Crippen molar-refractivity contribution in [3.8, 4) is 0 Å². The molecule has 0 spiro atoms. The molecule has 0 aromatic carbocycles. The number of carbonyl (C=O) groups is 1. The fourth-order valence-corrected chi connectivity index (χ4v) is 10.7. The highest BCUT2D eigenvalue weighted by Gasteiger charge is 2.44. The number of unbranched alkanes of at least 4 members (excludes halogenated alkanes) is 43. The molecule has 10 nitrogen and oxygen atoms in total. The molecular formula is C67H127NO9. The van der Waals surface area contributed by atoms with E-state index < -0.39 is 61.5 Å². The summed E-state index contributed by atoms with van der Waals surface area (Å²) in [4.78, 5) is 13.1. The average Bonchev–Trinajstić information content (AvgIpc) is 3.44. The second-order valence-corrected chi connectivity index (χ2v) is 23.4. The molecule has 77 heavy (non-hydrogen) atoms. The predicted molar refractivity (Wildman–Crippen MR) is 324 cm³/mol. The van der Waals surface area contributed by atoms with Crippen molar-refractivity contribution in [2.75, 3.05) is 13.2 Å². The fourth-order valence-electron chi connectivity index (χ4n) is 10.7. The Morgan fingerprint density at radius 3 is 1.16 bits per heavy atom. The summed E-state index contributed by atoms with van der Waals surface area (Å²) < 4.78 is 11.2. The van der Waals surface area contributed by atoms with Crippen LogP contribution in [0.2, 0.25) is 0 Å². The monoisotopic (exact) mass is 1090 g/mol. The van der Waals surface area contributed by atoms with Crippen molar-refractivity contribution in [3.05, 3.63) is 36.5 Å². The normalized spacial score (nSPS) is 19.3. The summed E-state index contributed by atoms with van der Waals surface area (Å²) in [5, 5.41) is 65.1. The molecule has 1 fully saturated rings. The Kier molecular flexibility index (Phi) is 53.6. The van der Waals surface area contributed by atoms with Crippen LogP contribution in [0, 0.1) is 0 Å². The number of aliphatic hydroxyl groups excluding tert-OH is 6. The zero-order valence-electron chi connectivity index (χ0n) is 50.3. The van der Waals surface area contributed by atoms with Crippen LogP contribution in [0.25, 0.3) is 0 Å². The Morgan fingerprint density at radius 1 is 0.455 bits per heavy atom. The maximum atomic E-state index is 13.1. The van der Waals surface area contributed by atoms with E-state index in [1.54, 1.807) is 6.08 Å². The summed E-state index contributed by atoms with van der Waals surface area (Å²) in [5.74, 6) is -0.613. The van der Waals surface area contributed by atoms with E-state index in [9.17, 15) is 35.4 Å². The van der Waals surface area contributed by atoms with Gasteiger partial charge in [0, 0.05) is 0 Å². The lowest BCUT2D eigenvalue weighted by atomic mass is 9.99. The molecule has 1 saturated heterocycles. The Hall–Kier alpha value is -1.63. The van der Waals surface area contributed by atoms with E-state index in [1.165, 1.54) is 250 Å². The maximum Gasteiger partial charge on any atom is 0.249 e. The van der Waals surface area contributed by atoms with Gasteiger partial charge in [-0.25, -0.2) is 0 Å². The lowest BCUT2D eigenvalue weighted by Gasteiger charge is -2.40. The third-order valence-electron chi connectivity index (χ3n) is 16.1. The first kappa shape index (κ1) is 73.4. The molecule has 0 bridgehead atoms. The van der Waals surface area contributed by atoms with E-state index in [4.69, 9.17) is 9.47 Å². The number of carbonyl (C=O) groups excluding carboxylic acids is 1. The third-order valence-corrected chi connectivity index (χ3v) is 16.1. The van der Waals surface area contributed by atoms with Gasteiger partial charge >= 0.3 is 0 Å². The number of ether oxygens (including phenoxy) is 2. The van der Waals surface area contributed by atoms with E-state index in [0.29, 0.717) is 6.42 Å². The largest absolute Gasteiger partial charge is 0.394 e. The highest BCUT2D eigenvalue weighted by atomic mass is 16.7. The first-order valence-electron chi connectivity index (χ1n) is 33.3. The van der Waals surface area contributed by atoms with Crippen LogP contribution in [0.3, 0.4) is 0 Å². The molecule has 1 aliphatic heterocycles. The molecule has 8 atom stereocenters. The van der Waals surface area contributed by atoms with Crippen molar-refractivity contribution in [1.82, 2.24) is 5.32 Å². The molecule has 8 unspecified atom stereocenters. The van der Waals surface area contributed by atoms with Crippen LogP contribution in [-0.4, -0.2) is 98.7 Å². The van der Waals surface area contributed by atoms with E-state index >= 15 is 0 Å². The van der Waals surface area contributed by atoms with Crippen LogP contribution in [0.5, 0.6) is 0 Å². The van der Waals surface area contributed by atoms with Crippen molar-refractivity contribution >= 4 is 5.91 Å². The van der Waals surface area contributed by atoms with E-state index in [2.05, 4.69) is 43.5 Å². The molecule has 7 N–H and O–H groups in total. The van der Waals surface area contributed by atoms with Gasteiger partial charge in [0.05, 0.1) is 25.4 Å². The van der Waals surface area contributed by atoms with Crippen molar-refractivity contribution < 1.29 is 44.9 Å². The third kappa shape index (κ3) is 44.7. The number of nitrogens with one attached hydrogen (secondary N) is 1. The summed E-state index contributed by atoms with van der Waals surface area (Å²) in [6.45, 7) is 3.64. The standard InChI is InChI=1S/C67H127NO9/c1-3-5-7-9-11-13-15-17-19-20-21-22-23-24-25-26-27-28-29-30-31-32-33-34-35-36-37-38-39-40-41-42-44-46-48-50-52-54-56-61(71)66(75)68-59(58-76-67-65(74)64(73)63(72)62(57-69)77-67)60(70)55-53-51-49-47-45-43-18-16-14-12-10-8-6-4-2/h27-28,30-31,53,55,59-65,67,69-74H,3-26,29,32-52,54,56-58H2,1-2H3,(H,68,75)/b28-27-,31-30-,55-53+. The van der Waals surface area contributed by atoms with Gasteiger partial charge in [0.15, 0.2) is 6.29 Å². The zero-order valence-corrected chi connectivity index (χ0v) is 50.3. The summed E-state index contributed by atoms with van der Waals surface area (Å²) >= 11 is 0. The smallest absolute Gasteiger partial charge is 0.249 e. The summed E-state index contributed by atoms with van der Waals surface area (Å²) in [6.07, 6.45) is 64.3. The highest BCUT2D eigenvalue weighted by Crippen LogP contribution is 2.23. The van der Waals surface area contributed by atoms with Gasteiger partial charge in [-0.1, -0.05) is 307 Å². The van der Waals surface area contributed by atoms with E-state index in [0.717, 1.165) is 51.4 Å². The van der Waals surface area contributed by atoms with Crippen molar-refractivity contribution in [1.29, 1.82) is 0 Å². The van der Waals surface area contributed by atoms with Crippen LogP contribution in [-0.2, 0) is 14.3 Å². The lowest BCUT2D eigenvalue weighted by Crippen LogP contribution is -2.60. The Bertz CT molecular complexity index is 1330. The van der Waals surface area contributed by atoms with Crippen LogP contribution in [0.4, 0.5) is 0 Å². The minimum absolute atomic E-state index is 0.304. The fraction of sp³-hybridized carbons (Fsp3) is 0.896. The highest BCUT2D eigenvalue weighted by molar-refractivity contribution is 5.80. The summed E-state index contributed by atoms with van der Waals surface area (Å²) in [7, 11) is 0. The minimum Gasteiger partial charge on any atom is -0.394 e. The zero-order chi connectivity index (χ0) is 55.9. The Morgan fingerprint density at radius 2 is 0.792 bits per heavy atom. The van der Waals surface area contributed by atoms with Crippen molar-refractivity contribution in [3.63, 3.8) is 0 Å². The van der Waals surface area contributed by atoms with Crippen LogP contribution in [0.15, 0.2) is 36.5 Å². The quantitative estimate of drug-likeness (QED) is 0.0232. The topological polar surface area (TPSA) is 169 Å². The molecule has 454 valence electrons. The van der Waals surface area contributed by atoms with Gasteiger partial charge in [-0.15, -0.1) is 0 Å². The first-order valence-corrected chi connectivity index (χ1v) is 33.3. The predicted octanol–water partition coefficient (Wildman–Crippen LogP) is 16.4. The van der Waals surface area contributed by atoms with Gasteiger partial charge in [-0.2, -0.15) is 0 Å². The minimum atomic E-state index is -1.61. The average molecular weight is 1090 g/mol. The van der Waals surface area contributed by atoms with Gasteiger partial charge in [-0.3, -0.25) is 4.79 Å². The van der Waals surface area contributed by atoms with Crippen molar-refractivity contribution in [2.45, 2.75) is 371 Å². The SMILES string of the molecule is CCCCCCCCCCCCCC/C=C/C(O)C(COC1OC(CO)C(O)C(O)C1O)NC(=O)C(O)CCCCCCCCCCCCCCCCCC/C=C\C/C=C\CCCCCCCCCCCCCCCCC. The summed E-state index contributed by atoms with van der Waals surface area (Å²) in [5.41, 5.74) is 0. The van der Waals surface area contributed by atoms with Crippen LogP contribution in [0.1, 0.15) is 322 Å². The molecule has 0 aromatic heterocycles. The number of hydrogen-bond acceptors (Lipinski definition) is 9. The summed E-state index contributed by atoms with van der Waals surface area (Å²) in [6, 6.07) is -0.980. The molecule has 0 aliphatic carbocycles. The molecule has 0 radical (unpaired) electrons. The number of amides is 1. The molecule has 0 saturated carbocycles. The van der Waals surface area contributed by atoms with E-state index in [-0.39, 0.29) is 6.61 Å². The number of aliphatic hydroxyl groups is 6. The molecule has 0 aromatic rings. The van der Waals surface area contributed by atoms with E-state index in [1.807, 2.05) is 6.08 Å². The second-order valence-electron chi connectivity index (χ2n) is 23.4. The van der Waals surface area contributed by atoms with Crippen LogP contribution < -0.4 is 5.32 Å². The van der Waals surface area contributed by atoms with Gasteiger partial charge in [0.2, 0.25) is 5.91 Å². The molecule has 1 heterocycles. The van der Waals surface area contributed by atoms with Crippen LogP contribution >= 0.6 is 0 Å². The van der Waals surface area contributed by atoms with Crippen molar-refractivity contribution in [2.24, 2.45) is 0 Å². The van der Waals surface area contributed by atoms with Gasteiger partial charge < -0.3 is 45.4 Å². The second kappa shape index (κ2) is 56.2. The molecule has 1 aliphatic rings. The molecule has 1 rings (SSSR count). The molecule has 10 heteroatoms. The maximum absolute atomic E-state index is 13.1. The number of allylic oxidation sites excluding steroid dienone is 5. The molecule has 1 amide bonds. The Labute approximate surface area is 474 Å². The Balaban J connectivity index is 2.09. The molecular weight excluding hydrogens is 963 g/mol. The van der Waals surface area contributed by atoms with Gasteiger partial charge in [0.1, 0.15) is 30.5 Å². The van der Waals surface area contributed by atoms with Gasteiger partial charge in [-0.05, 0) is 51.4 Å². The first-order chi connectivity index (χ1) is 37.8. The lowest BCUT2D eigenvalue weighted by molar-refractivity contribution is -0.302. The van der Waals surface area contributed by atoms with Gasteiger partial charge in [0.25, 0.3) is 0 Å². The number of rotatable bonds is 58.